The molecule has 1 atom stereocenters. The highest BCUT2D eigenvalue weighted by atomic mass is 16.2. The molecule has 5 N–H and O–H groups in total. The maximum absolute atomic E-state index is 11.9. The molecule has 20 heavy (non-hydrogen) atoms. The Bertz CT molecular complexity index is 486. The lowest BCUT2D eigenvalue weighted by Gasteiger charge is -2.16. The first-order valence-corrected chi connectivity index (χ1v) is 6.92. The second-order valence-electron chi connectivity index (χ2n) is 5.44. The highest BCUT2D eigenvalue weighted by molar-refractivity contribution is 5.84. The number of carbonyl (C=O) groups is 1. The summed E-state index contributed by atoms with van der Waals surface area (Å²) >= 11 is 0. The van der Waals surface area contributed by atoms with E-state index in [1.165, 1.54) is 0 Å². The average Bonchev–Trinajstić information content (AvgIpc) is 3.22. The molecule has 1 aliphatic carbocycles. The van der Waals surface area contributed by atoms with Gasteiger partial charge in [-0.05, 0) is 19.8 Å². The van der Waals surface area contributed by atoms with Crippen LogP contribution in [0.5, 0.6) is 0 Å². The Balaban J connectivity index is 2.06. The van der Waals surface area contributed by atoms with E-state index in [0.717, 1.165) is 12.8 Å². The number of hydrazine groups is 1. The van der Waals surface area contributed by atoms with Crippen molar-refractivity contribution in [3.8, 4) is 0 Å². The van der Waals surface area contributed by atoms with Crippen molar-refractivity contribution in [2.24, 2.45) is 5.84 Å². The van der Waals surface area contributed by atoms with Gasteiger partial charge in [0.25, 0.3) is 0 Å². The smallest absolute Gasteiger partial charge is 0.242 e. The maximum Gasteiger partial charge on any atom is 0.242 e. The second kappa shape index (κ2) is 6.04. The molecule has 1 saturated carbocycles. The molecule has 1 aromatic heterocycles. The number of rotatable bonds is 6. The Hall–Kier alpha value is -1.89. The largest absolute Gasteiger partial charge is 0.358 e. The van der Waals surface area contributed by atoms with Crippen molar-refractivity contribution >= 4 is 17.5 Å². The number of hydrogen-bond donors (Lipinski definition) is 4. The van der Waals surface area contributed by atoms with E-state index in [0.29, 0.717) is 23.5 Å². The van der Waals surface area contributed by atoms with Crippen LogP contribution in [0.3, 0.4) is 0 Å². The number of carbonyl (C=O) groups excluding carboxylic acids is 1. The van der Waals surface area contributed by atoms with Crippen LogP contribution in [-0.2, 0) is 4.79 Å². The number of amides is 1. The van der Waals surface area contributed by atoms with Gasteiger partial charge in [-0.15, -0.1) is 0 Å². The van der Waals surface area contributed by atoms with Crippen molar-refractivity contribution in [3.05, 3.63) is 11.9 Å². The Morgan fingerprint density at radius 2 is 1.95 bits per heavy atom. The van der Waals surface area contributed by atoms with Gasteiger partial charge in [0.2, 0.25) is 5.91 Å². The summed E-state index contributed by atoms with van der Waals surface area (Å²) in [4.78, 5) is 20.6. The van der Waals surface area contributed by atoms with E-state index in [1.807, 2.05) is 20.8 Å². The molecule has 0 radical (unpaired) electrons. The number of nitrogens with zero attached hydrogens (tertiary/aromatic N) is 2. The number of hydrogen-bond acceptors (Lipinski definition) is 6. The minimum Gasteiger partial charge on any atom is -0.358 e. The summed E-state index contributed by atoms with van der Waals surface area (Å²) < 4.78 is 0. The lowest BCUT2D eigenvalue weighted by atomic mass is 10.2. The Kier molecular flexibility index (Phi) is 4.39. The fourth-order valence-corrected chi connectivity index (χ4v) is 1.71. The fourth-order valence-electron chi connectivity index (χ4n) is 1.71. The van der Waals surface area contributed by atoms with Crippen LogP contribution in [0.1, 0.15) is 45.4 Å². The third-order valence-electron chi connectivity index (χ3n) is 3.09. The van der Waals surface area contributed by atoms with E-state index in [2.05, 4.69) is 26.0 Å². The topological polar surface area (TPSA) is 105 Å². The zero-order chi connectivity index (χ0) is 14.7. The number of aromatic nitrogens is 2. The van der Waals surface area contributed by atoms with Crippen molar-refractivity contribution in [1.29, 1.82) is 0 Å². The SMILES string of the molecule is CC(Nc1cc(NN)nc(C(C)C)n1)C(=O)NC1CC1. The zero-order valence-corrected chi connectivity index (χ0v) is 12.1. The van der Waals surface area contributed by atoms with Gasteiger partial charge in [-0.25, -0.2) is 15.8 Å². The van der Waals surface area contributed by atoms with Gasteiger partial charge in [0, 0.05) is 18.0 Å². The molecule has 0 bridgehead atoms. The molecule has 1 fully saturated rings. The summed E-state index contributed by atoms with van der Waals surface area (Å²) in [5, 5.41) is 6.04. The summed E-state index contributed by atoms with van der Waals surface area (Å²) in [7, 11) is 0. The lowest BCUT2D eigenvalue weighted by Crippen LogP contribution is -2.39. The summed E-state index contributed by atoms with van der Waals surface area (Å²) in [6.07, 6.45) is 2.15. The van der Waals surface area contributed by atoms with Crippen LogP contribution in [0.4, 0.5) is 11.6 Å². The summed E-state index contributed by atoms with van der Waals surface area (Å²) in [5.41, 5.74) is 2.52. The molecule has 2 rings (SSSR count). The van der Waals surface area contributed by atoms with Gasteiger partial charge in [0.05, 0.1) is 0 Å². The number of nitrogens with two attached hydrogens (primary N) is 1. The first kappa shape index (κ1) is 14.5. The van der Waals surface area contributed by atoms with E-state index >= 15 is 0 Å². The van der Waals surface area contributed by atoms with E-state index in [-0.39, 0.29) is 17.9 Å². The van der Waals surface area contributed by atoms with Gasteiger partial charge in [-0.2, -0.15) is 0 Å². The molecule has 1 aromatic rings. The fraction of sp³-hybridized carbons (Fsp3) is 0.615. The monoisotopic (exact) mass is 278 g/mol. The molecule has 1 amide bonds. The van der Waals surface area contributed by atoms with Crippen LogP contribution in [0.15, 0.2) is 6.07 Å². The van der Waals surface area contributed by atoms with Gasteiger partial charge in [-0.1, -0.05) is 13.8 Å². The first-order chi connectivity index (χ1) is 9.49. The third-order valence-corrected chi connectivity index (χ3v) is 3.09. The normalized spacial score (nSPS) is 15.8. The molecule has 110 valence electrons. The van der Waals surface area contributed by atoms with E-state index in [4.69, 9.17) is 5.84 Å². The second-order valence-corrected chi connectivity index (χ2v) is 5.44. The van der Waals surface area contributed by atoms with E-state index in [1.54, 1.807) is 6.07 Å². The molecule has 1 heterocycles. The minimum atomic E-state index is -0.351. The molecule has 0 aliphatic heterocycles. The summed E-state index contributed by atoms with van der Waals surface area (Å²) in [6.45, 7) is 5.82. The van der Waals surface area contributed by atoms with Crippen LogP contribution in [0.25, 0.3) is 0 Å². The molecular formula is C13H22N6O. The van der Waals surface area contributed by atoms with Gasteiger partial charge in [0.15, 0.2) is 0 Å². The van der Waals surface area contributed by atoms with Crippen molar-refractivity contribution in [3.63, 3.8) is 0 Å². The molecule has 7 nitrogen and oxygen atoms in total. The van der Waals surface area contributed by atoms with Crippen LogP contribution in [0, 0.1) is 0 Å². The average molecular weight is 278 g/mol. The minimum absolute atomic E-state index is 0.0144. The van der Waals surface area contributed by atoms with Gasteiger partial charge < -0.3 is 16.1 Å². The van der Waals surface area contributed by atoms with Crippen LogP contribution < -0.4 is 21.9 Å². The van der Waals surface area contributed by atoms with Crippen molar-refractivity contribution < 1.29 is 4.79 Å². The van der Waals surface area contributed by atoms with Crippen LogP contribution in [0.2, 0.25) is 0 Å². The van der Waals surface area contributed by atoms with E-state index < -0.39 is 0 Å². The van der Waals surface area contributed by atoms with Crippen molar-refractivity contribution in [2.45, 2.75) is 51.6 Å². The maximum atomic E-state index is 11.9. The van der Waals surface area contributed by atoms with Crippen LogP contribution in [-0.4, -0.2) is 28.0 Å². The molecule has 7 heteroatoms. The molecular weight excluding hydrogens is 256 g/mol. The summed E-state index contributed by atoms with van der Waals surface area (Å²) in [5.74, 6) is 7.37. The summed E-state index contributed by atoms with van der Waals surface area (Å²) in [6, 6.07) is 1.69. The molecule has 1 unspecified atom stereocenters. The third kappa shape index (κ3) is 3.80. The number of nitrogens with one attached hydrogen (secondary N) is 3. The Morgan fingerprint density at radius 3 is 2.50 bits per heavy atom. The van der Waals surface area contributed by atoms with Gasteiger partial charge >= 0.3 is 0 Å². The number of nitrogen functional groups attached to an aromatic ring is 1. The van der Waals surface area contributed by atoms with Gasteiger partial charge in [0.1, 0.15) is 23.5 Å². The molecule has 0 aromatic carbocycles. The standard InChI is InChI=1S/C13H22N6O/c1-7(2)12-17-10(6-11(18-12)19-14)15-8(3)13(20)16-9-4-5-9/h6-9H,4-5,14H2,1-3H3,(H,16,20)(H2,15,17,18,19). The Morgan fingerprint density at radius 1 is 1.30 bits per heavy atom. The predicted octanol–water partition coefficient (Wildman–Crippen LogP) is 0.965. The van der Waals surface area contributed by atoms with Crippen molar-refractivity contribution in [1.82, 2.24) is 15.3 Å². The quantitative estimate of drug-likeness (QED) is 0.456. The Labute approximate surface area is 118 Å². The zero-order valence-electron chi connectivity index (χ0n) is 12.1. The van der Waals surface area contributed by atoms with Gasteiger partial charge in [-0.3, -0.25) is 4.79 Å². The lowest BCUT2D eigenvalue weighted by molar-refractivity contribution is -0.121. The molecule has 0 saturated heterocycles. The highest BCUT2D eigenvalue weighted by Gasteiger charge is 2.25. The molecule has 0 spiro atoms. The molecule has 1 aliphatic rings. The first-order valence-electron chi connectivity index (χ1n) is 6.92. The van der Waals surface area contributed by atoms with E-state index in [9.17, 15) is 4.79 Å². The van der Waals surface area contributed by atoms with Crippen molar-refractivity contribution in [2.75, 3.05) is 10.7 Å². The van der Waals surface area contributed by atoms with Crippen LogP contribution >= 0.6 is 0 Å². The highest BCUT2D eigenvalue weighted by Crippen LogP contribution is 2.20. The predicted molar refractivity (Wildman–Crippen MR) is 78.2 cm³/mol. The number of anilines is 2.